The van der Waals surface area contributed by atoms with Gasteiger partial charge in [-0.25, -0.2) is 13.6 Å². The van der Waals surface area contributed by atoms with E-state index in [1.54, 1.807) is 31.5 Å². The van der Waals surface area contributed by atoms with Crippen LogP contribution in [0.4, 0.5) is 0 Å². The molecule has 6 heteroatoms. The fourth-order valence-electron chi connectivity index (χ4n) is 1.85. The van der Waals surface area contributed by atoms with Crippen LogP contribution in [0.25, 0.3) is 5.57 Å². The van der Waals surface area contributed by atoms with E-state index in [0.717, 1.165) is 5.57 Å². The number of nitrogens with zero attached hydrogens (tertiary/aromatic N) is 1. The van der Waals surface area contributed by atoms with Crippen molar-refractivity contribution < 1.29 is 13.2 Å². The van der Waals surface area contributed by atoms with Gasteiger partial charge in [-0.05, 0) is 24.6 Å². The molecule has 0 aliphatic heterocycles. The van der Waals surface area contributed by atoms with E-state index in [4.69, 9.17) is 9.88 Å². The first kappa shape index (κ1) is 12.8. The molecule has 96 valence electrons. The Hall–Kier alpha value is -1.66. The molecule has 0 amide bonds. The topological polar surface area (TPSA) is 82.3 Å². The Kier molecular flexibility index (Phi) is 3.49. The highest BCUT2D eigenvalue weighted by molar-refractivity contribution is 7.89. The van der Waals surface area contributed by atoms with E-state index >= 15 is 0 Å². The quantitative estimate of drug-likeness (QED) is 0.886. The van der Waals surface area contributed by atoms with Gasteiger partial charge in [-0.2, -0.15) is 0 Å². The number of sulfonamides is 1. The number of ether oxygens (including phenoxy) is 1. The first-order valence-corrected chi connectivity index (χ1v) is 7.01. The molecule has 18 heavy (non-hydrogen) atoms. The van der Waals surface area contributed by atoms with Crippen LogP contribution in [0.5, 0.6) is 0 Å². The molecule has 1 aliphatic rings. The Bertz CT molecular complexity index is 591. The first-order chi connectivity index (χ1) is 8.52. The zero-order valence-electron chi connectivity index (χ0n) is 9.91. The maximum atomic E-state index is 11.4. The molecule has 0 saturated carbocycles. The summed E-state index contributed by atoms with van der Waals surface area (Å²) in [6.45, 7) is 0. The fraction of sp³-hybridized carbons (Fsp3) is 0.250. The SMILES string of the molecule is COC1=C(c2ccccn2)CC(S(N)(=O)=O)C=C1. The third-order valence-corrected chi connectivity index (χ3v) is 3.95. The molecule has 1 aliphatic carbocycles. The van der Waals surface area contributed by atoms with Crippen LogP contribution in [0, 0.1) is 0 Å². The smallest absolute Gasteiger partial charge is 0.215 e. The molecule has 1 unspecified atom stereocenters. The summed E-state index contributed by atoms with van der Waals surface area (Å²) >= 11 is 0. The number of allylic oxidation sites excluding steroid dienone is 2. The van der Waals surface area contributed by atoms with Gasteiger partial charge in [0.05, 0.1) is 18.1 Å². The molecule has 1 heterocycles. The molecule has 1 atom stereocenters. The van der Waals surface area contributed by atoms with E-state index in [0.29, 0.717) is 11.5 Å². The maximum Gasteiger partial charge on any atom is 0.215 e. The van der Waals surface area contributed by atoms with Gasteiger partial charge >= 0.3 is 0 Å². The zero-order valence-corrected chi connectivity index (χ0v) is 10.7. The predicted octanol–water partition coefficient (Wildman–Crippen LogP) is 1.06. The second-order valence-electron chi connectivity index (χ2n) is 3.95. The minimum absolute atomic E-state index is 0.273. The third kappa shape index (κ3) is 2.60. The number of aromatic nitrogens is 1. The van der Waals surface area contributed by atoms with Crippen molar-refractivity contribution in [3.05, 3.63) is 48.0 Å². The van der Waals surface area contributed by atoms with Crippen LogP contribution in [0.3, 0.4) is 0 Å². The average Bonchev–Trinajstić information content (AvgIpc) is 2.38. The number of methoxy groups -OCH3 is 1. The number of rotatable bonds is 3. The predicted molar refractivity (Wildman–Crippen MR) is 68.8 cm³/mol. The lowest BCUT2D eigenvalue weighted by atomic mass is 9.99. The lowest BCUT2D eigenvalue weighted by Crippen LogP contribution is -2.28. The average molecular weight is 266 g/mol. The zero-order chi connectivity index (χ0) is 13.2. The second-order valence-corrected chi connectivity index (χ2v) is 5.74. The van der Waals surface area contributed by atoms with E-state index < -0.39 is 15.3 Å². The molecule has 2 rings (SSSR count). The highest BCUT2D eigenvalue weighted by atomic mass is 32.2. The van der Waals surface area contributed by atoms with Crippen LogP contribution in [0.15, 0.2) is 42.3 Å². The van der Waals surface area contributed by atoms with Gasteiger partial charge in [-0.1, -0.05) is 12.1 Å². The molecule has 5 nitrogen and oxygen atoms in total. The lowest BCUT2D eigenvalue weighted by molar-refractivity contribution is 0.306. The summed E-state index contributed by atoms with van der Waals surface area (Å²) in [7, 11) is -2.06. The molecule has 0 bridgehead atoms. The third-order valence-electron chi connectivity index (χ3n) is 2.78. The number of hydrogen-bond donors (Lipinski definition) is 1. The highest BCUT2D eigenvalue weighted by Crippen LogP contribution is 2.29. The van der Waals surface area contributed by atoms with Crippen molar-refractivity contribution in [2.24, 2.45) is 5.14 Å². The van der Waals surface area contributed by atoms with Crippen molar-refractivity contribution in [1.29, 1.82) is 0 Å². The summed E-state index contributed by atoms with van der Waals surface area (Å²) in [4.78, 5) is 4.21. The molecule has 0 spiro atoms. The van der Waals surface area contributed by atoms with Gasteiger partial charge in [-0.3, -0.25) is 4.98 Å². The van der Waals surface area contributed by atoms with Gasteiger partial charge in [0.1, 0.15) is 5.76 Å². The molecule has 0 radical (unpaired) electrons. The molecular formula is C12H14N2O3S. The van der Waals surface area contributed by atoms with Crippen LogP contribution in [0.2, 0.25) is 0 Å². The summed E-state index contributed by atoms with van der Waals surface area (Å²) in [5.41, 5.74) is 1.45. The summed E-state index contributed by atoms with van der Waals surface area (Å²) in [6.07, 6.45) is 5.10. The molecule has 0 aromatic carbocycles. The standard InChI is InChI=1S/C12H14N2O3S/c1-17-12-6-5-9(18(13,15)16)8-10(12)11-4-2-3-7-14-11/h2-7,9H,8H2,1H3,(H2,13,15,16). The summed E-state index contributed by atoms with van der Waals surface area (Å²) in [5, 5.41) is 4.45. The summed E-state index contributed by atoms with van der Waals surface area (Å²) in [6, 6.07) is 5.45. The van der Waals surface area contributed by atoms with E-state index in [2.05, 4.69) is 4.98 Å². The number of primary sulfonamides is 1. The van der Waals surface area contributed by atoms with Crippen LogP contribution < -0.4 is 5.14 Å². The minimum atomic E-state index is -3.60. The van der Waals surface area contributed by atoms with E-state index in [-0.39, 0.29) is 6.42 Å². The van der Waals surface area contributed by atoms with Crippen LogP contribution in [-0.4, -0.2) is 25.8 Å². The monoisotopic (exact) mass is 266 g/mol. The number of pyridine rings is 1. The van der Waals surface area contributed by atoms with Crippen molar-refractivity contribution in [1.82, 2.24) is 4.98 Å². The van der Waals surface area contributed by atoms with Crippen molar-refractivity contribution in [3.63, 3.8) is 0 Å². The van der Waals surface area contributed by atoms with E-state index in [1.165, 1.54) is 0 Å². The number of hydrogen-bond acceptors (Lipinski definition) is 4. The van der Waals surface area contributed by atoms with Gasteiger partial charge in [0, 0.05) is 11.8 Å². The Balaban J connectivity index is 2.42. The molecule has 0 fully saturated rings. The Labute approximate surface area is 106 Å². The number of nitrogens with two attached hydrogens (primary N) is 1. The van der Waals surface area contributed by atoms with Gasteiger partial charge in [0.25, 0.3) is 0 Å². The summed E-state index contributed by atoms with van der Waals surface area (Å²) < 4.78 is 28.0. The first-order valence-electron chi connectivity index (χ1n) is 5.40. The minimum Gasteiger partial charge on any atom is -0.496 e. The Morgan fingerprint density at radius 3 is 2.78 bits per heavy atom. The van der Waals surface area contributed by atoms with E-state index in [9.17, 15) is 8.42 Å². The highest BCUT2D eigenvalue weighted by Gasteiger charge is 2.26. The molecule has 2 N–H and O–H groups in total. The molecule has 1 aromatic rings. The Morgan fingerprint density at radius 2 is 2.22 bits per heavy atom. The van der Waals surface area contributed by atoms with Gasteiger partial charge in [0.15, 0.2) is 0 Å². The lowest BCUT2D eigenvalue weighted by Gasteiger charge is -2.20. The largest absolute Gasteiger partial charge is 0.496 e. The van der Waals surface area contributed by atoms with Crippen molar-refractivity contribution >= 4 is 15.6 Å². The summed E-state index contributed by atoms with van der Waals surface area (Å²) in [5.74, 6) is 0.619. The van der Waals surface area contributed by atoms with E-state index in [1.807, 2.05) is 12.1 Å². The van der Waals surface area contributed by atoms with Gasteiger partial charge < -0.3 is 4.74 Å². The van der Waals surface area contributed by atoms with Gasteiger partial charge in [-0.15, -0.1) is 0 Å². The molecular weight excluding hydrogens is 252 g/mol. The van der Waals surface area contributed by atoms with Crippen LogP contribution in [-0.2, 0) is 14.8 Å². The second kappa shape index (κ2) is 4.91. The molecule has 0 saturated heterocycles. The van der Waals surface area contributed by atoms with Crippen LogP contribution in [0.1, 0.15) is 12.1 Å². The molecule has 1 aromatic heterocycles. The normalized spacial score (nSPS) is 20.0. The van der Waals surface area contributed by atoms with Crippen molar-refractivity contribution in [2.75, 3.05) is 7.11 Å². The fourth-order valence-corrected chi connectivity index (χ4v) is 2.55. The van der Waals surface area contributed by atoms with Gasteiger partial charge in [0.2, 0.25) is 10.0 Å². The van der Waals surface area contributed by atoms with Crippen LogP contribution >= 0.6 is 0 Å². The van der Waals surface area contributed by atoms with Crippen molar-refractivity contribution in [3.8, 4) is 0 Å². The Morgan fingerprint density at radius 1 is 1.44 bits per heavy atom. The maximum absolute atomic E-state index is 11.4. The van der Waals surface area contributed by atoms with Crippen molar-refractivity contribution in [2.45, 2.75) is 11.7 Å².